The molecule has 5 heteroatoms. The Balaban J connectivity index is 1.54. The van der Waals surface area contributed by atoms with E-state index in [1.807, 2.05) is 36.4 Å². The highest BCUT2D eigenvalue weighted by Crippen LogP contribution is 2.18. The molecule has 0 heterocycles. The summed E-state index contributed by atoms with van der Waals surface area (Å²) in [5, 5.41) is 8.42. The molecular formula is C25H33NO4. The molecule has 0 aliphatic heterocycles. The average Bonchev–Trinajstić information content (AvgIpc) is 2.78. The fraction of sp³-hybridized carbons (Fsp3) is 0.440. The topological polar surface area (TPSA) is 75.6 Å². The monoisotopic (exact) mass is 411 g/mol. The molecule has 0 saturated heterocycles. The molecule has 5 nitrogen and oxygen atoms in total. The maximum atomic E-state index is 12.2. The van der Waals surface area contributed by atoms with Crippen LogP contribution in [0.15, 0.2) is 54.6 Å². The van der Waals surface area contributed by atoms with E-state index in [2.05, 4.69) is 6.07 Å². The lowest BCUT2D eigenvalue weighted by atomic mass is 10.0. The van der Waals surface area contributed by atoms with Crippen LogP contribution in [0.5, 0.6) is 5.75 Å². The van der Waals surface area contributed by atoms with Crippen molar-refractivity contribution < 1.29 is 19.5 Å². The number of carbonyl (C=O) groups is 2. The van der Waals surface area contributed by atoms with Crippen LogP contribution >= 0.6 is 0 Å². The van der Waals surface area contributed by atoms with Gasteiger partial charge >= 0.3 is 5.97 Å². The van der Waals surface area contributed by atoms with Crippen molar-refractivity contribution >= 4 is 11.9 Å². The van der Waals surface area contributed by atoms with E-state index in [0.29, 0.717) is 17.7 Å². The third kappa shape index (κ3) is 9.70. The molecular weight excluding hydrogens is 378 g/mol. The van der Waals surface area contributed by atoms with Crippen LogP contribution in [0.1, 0.15) is 80.1 Å². The fourth-order valence-corrected chi connectivity index (χ4v) is 3.41. The molecule has 2 N–H and O–H groups in total. The Labute approximate surface area is 179 Å². The molecule has 0 fully saturated rings. The van der Waals surface area contributed by atoms with Crippen LogP contribution in [0.25, 0.3) is 0 Å². The summed E-state index contributed by atoms with van der Waals surface area (Å²) >= 11 is 0. The summed E-state index contributed by atoms with van der Waals surface area (Å²) in [6, 6.07) is 16.8. The van der Waals surface area contributed by atoms with Gasteiger partial charge in [-0.05, 0) is 49.1 Å². The summed E-state index contributed by atoms with van der Waals surface area (Å²) in [6.07, 6.45) is 11.7. The Morgan fingerprint density at radius 3 is 2.07 bits per heavy atom. The zero-order chi connectivity index (χ0) is 21.4. The largest absolute Gasteiger partial charge is 0.423 e. The summed E-state index contributed by atoms with van der Waals surface area (Å²) in [6.45, 7) is 0. The molecule has 2 aromatic carbocycles. The quantitative estimate of drug-likeness (QED) is 0.134. The zero-order valence-electron chi connectivity index (χ0n) is 17.6. The molecule has 1 amide bonds. The standard InChI is InChI=1S/C25H33NO4/c27-24(26-29)19-12-7-5-3-1-2-4-6-9-14-21-15-13-18-23(20-21)30-25(28)22-16-10-8-11-17-22/h8,10-11,13,15-18,20,29H,1-7,9,12,14,19H2,(H,26,27). The number of benzene rings is 2. The van der Waals surface area contributed by atoms with Gasteiger partial charge in [0, 0.05) is 6.42 Å². The van der Waals surface area contributed by atoms with E-state index in [1.54, 1.807) is 17.6 Å². The van der Waals surface area contributed by atoms with Gasteiger partial charge < -0.3 is 4.74 Å². The van der Waals surface area contributed by atoms with Crippen LogP contribution in [0, 0.1) is 0 Å². The normalized spacial score (nSPS) is 10.6. The Hall–Kier alpha value is -2.66. The number of hydroxylamine groups is 1. The maximum Gasteiger partial charge on any atom is 0.343 e. The Morgan fingerprint density at radius 1 is 0.767 bits per heavy atom. The molecule has 0 bridgehead atoms. The van der Waals surface area contributed by atoms with Crippen molar-refractivity contribution in [3.8, 4) is 5.75 Å². The Kier molecular flexibility index (Phi) is 11.3. The summed E-state index contributed by atoms with van der Waals surface area (Å²) in [5.41, 5.74) is 3.41. The maximum absolute atomic E-state index is 12.2. The SMILES string of the molecule is O=C(CCCCCCCCCCCc1cccc(OC(=O)c2ccccc2)c1)NO. The van der Waals surface area contributed by atoms with Crippen molar-refractivity contribution in [3.05, 3.63) is 65.7 Å². The van der Waals surface area contributed by atoms with Gasteiger partial charge in [-0.2, -0.15) is 0 Å². The number of nitrogens with one attached hydrogen (secondary N) is 1. The highest BCUT2D eigenvalue weighted by molar-refractivity contribution is 5.90. The molecule has 0 radical (unpaired) electrons. The Bertz CT molecular complexity index is 761. The van der Waals surface area contributed by atoms with Crippen molar-refractivity contribution in [2.24, 2.45) is 0 Å². The van der Waals surface area contributed by atoms with E-state index < -0.39 is 0 Å². The number of rotatable bonds is 14. The molecule has 0 atom stereocenters. The number of hydrogen-bond acceptors (Lipinski definition) is 4. The number of hydrogen-bond donors (Lipinski definition) is 2. The van der Waals surface area contributed by atoms with Crippen LogP contribution in [-0.4, -0.2) is 17.1 Å². The average molecular weight is 412 g/mol. The first kappa shape index (κ1) is 23.6. The summed E-state index contributed by atoms with van der Waals surface area (Å²) in [7, 11) is 0. The van der Waals surface area contributed by atoms with Gasteiger partial charge in [-0.25, -0.2) is 10.3 Å². The van der Waals surface area contributed by atoms with Crippen molar-refractivity contribution in [1.82, 2.24) is 5.48 Å². The molecule has 0 aliphatic rings. The third-order valence-corrected chi connectivity index (χ3v) is 5.11. The van der Waals surface area contributed by atoms with Crippen LogP contribution in [0.4, 0.5) is 0 Å². The van der Waals surface area contributed by atoms with Gasteiger partial charge in [0.1, 0.15) is 5.75 Å². The number of carbonyl (C=O) groups excluding carboxylic acids is 2. The predicted molar refractivity (Wildman–Crippen MR) is 118 cm³/mol. The summed E-state index contributed by atoms with van der Waals surface area (Å²) < 4.78 is 5.49. The summed E-state index contributed by atoms with van der Waals surface area (Å²) in [4.78, 5) is 23.1. The van der Waals surface area contributed by atoms with Crippen LogP contribution < -0.4 is 10.2 Å². The molecule has 0 saturated carbocycles. The lowest BCUT2D eigenvalue weighted by Crippen LogP contribution is -2.17. The number of esters is 1. The molecule has 2 rings (SSSR count). The first-order valence-electron chi connectivity index (χ1n) is 11.0. The summed E-state index contributed by atoms with van der Waals surface area (Å²) in [5.74, 6) is -0.0304. The minimum Gasteiger partial charge on any atom is -0.423 e. The minimum atomic E-state index is -0.329. The van der Waals surface area contributed by atoms with Gasteiger partial charge in [0.15, 0.2) is 0 Å². The second-order valence-corrected chi connectivity index (χ2v) is 7.62. The molecule has 30 heavy (non-hydrogen) atoms. The first-order chi connectivity index (χ1) is 14.7. The van der Waals surface area contributed by atoms with E-state index >= 15 is 0 Å². The first-order valence-corrected chi connectivity index (χ1v) is 11.0. The highest BCUT2D eigenvalue weighted by Gasteiger charge is 2.08. The van der Waals surface area contributed by atoms with Crippen LogP contribution in [-0.2, 0) is 11.2 Å². The minimum absolute atomic E-state index is 0.296. The lowest BCUT2D eigenvalue weighted by molar-refractivity contribution is -0.129. The number of unbranched alkanes of at least 4 members (excludes halogenated alkanes) is 8. The molecule has 0 aliphatic carbocycles. The molecule has 0 unspecified atom stereocenters. The molecule has 0 aromatic heterocycles. The van der Waals surface area contributed by atoms with E-state index in [0.717, 1.165) is 32.1 Å². The highest BCUT2D eigenvalue weighted by atomic mass is 16.5. The molecule has 2 aromatic rings. The second kappa shape index (κ2) is 14.3. The van der Waals surface area contributed by atoms with Gasteiger partial charge in [0.2, 0.25) is 5.91 Å². The lowest BCUT2D eigenvalue weighted by Gasteiger charge is -2.07. The van der Waals surface area contributed by atoms with Crippen molar-refractivity contribution in [3.63, 3.8) is 0 Å². The van der Waals surface area contributed by atoms with E-state index in [4.69, 9.17) is 9.94 Å². The number of amides is 1. The molecule has 162 valence electrons. The van der Waals surface area contributed by atoms with Crippen molar-refractivity contribution in [2.75, 3.05) is 0 Å². The van der Waals surface area contributed by atoms with Gasteiger partial charge in [0.05, 0.1) is 5.56 Å². The van der Waals surface area contributed by atoms with Gasteiger partial charge in [0.25, 0.3) is 0 Å². The molecule has 0 spiro atoms. The van der Waals surface area contributed by atoms with Crippen molar-refractivity contribution in [1.29, 1.82) is 0 Å². The van der Waals surface area contributed by atoms with Gasteiger partial charge in [-0.1, -0.05) is 75.3 Å². The van der Waals surface area contributed by atoms with E-state index in [-0.39, 0.29) is 11.9 Å². The van der Waals surface area contributed by atoms with Crippen molar-refractivity contribution in [2.45, 2.75) is 70.6 Å². The fourth-order valence-electron chi connectivity index (χ4n) is 3.41. The van der Waals surface area contributed by atoms with E-state index in [9.17, 15) is 9.59 Å². The van der Waals surface area contributed by atoms with E-state index in [1.165, 1.54) is 37.7 Å². The van der Waals surface area contributed by atoms with Crippen LogP contribution in [0.3, 0.4) is 0 Å². The Morgan fingerprint density at radius 2 is 1.40 bits per heavy atom. The van der Waals surface area contributed by atoms with Crippen LogP contribution in [0.2, 0.25) is 0 Å². The second-order valence-electron chi connectivity index (χ2n) is 7.62. The third-order valence-electron chi connectivity index (χ3n) is 5.11. The number of ether oxygens (including phenoxy) is 1. The smallest absolute Gasteiger partial charge is 0.343 e. The zero-order valence-corrected chi connectivity index (χ0v) is 17.6. The van der Waals surface area contributed by atoms with Gasteiger partial charge in [-0.3, -0.25) is 10.0 Å². The number of aryl methyl sites for hydroxylation is 1. The van der Waals surface area contributed by atoms with Gasteiger partial charge in [-0.15, -0.1) is 0 Å². The predicted octanol–water partition coefficient (Wildman–Crippen LogP) is 5.85.